The molecule has 1 unspecified atom stereocenters. The van der Waals surface area contributed by atoms with Gasteiger partial charge < -0.3 is 11.1 Å². The number of allylic oxidation sites excluding steroid dienone is 3. The van der Waals surface area contributed by atoms with Crippen LogP contribution in [0.1, 0.15) is 69.4 Å². The Balaban J connectivity index is 1.93. The normalized spacial score (nSPS) is 24.6. The van der Waals surface area contributed by atoms with Crippen LogP contribution < -0.4 is 11.1 Å². The predicted molar refractivity (Wildman–Crippen MR) is 115 cm³/mol. The molecule has 1 aliphatic heterocycles. The summed E-state index contributed by atoms with van der Waals surface area (Å²) < 4.78 is 0. The van der Waals surface area contributed by atoms with Crippen molar-refractivity contribution in [1.82, 2.24) is 5.32 Å². The smallest absolute Gasteiger partial charge is 0.103 e. The van der Waals surface area contributed by atoms with Crippen molar-refractivity contribution in [2.45, 2.75) is 64.3 Å². The van der Waals surface area contributed by atoms with Crippen LogP contribution in [-0.4, -0.2) is 24.5 Å². The van der Waals surface area contributed by atoms with Crippen LogP contribution in [0.5, 0.6) is 0 Å². The fourth-order valence-corrected chi connectivity index (χ4v) is 4.16. The molecule has 3 rings (SSSR count). The van der Waals surface area contributed by atoms with E-state index < -0.39 is 0 Å². The van der Waals surface area contributed by atoms with Crippen molar-refractivity contribution in [3.8, 4) is 0 Å². The van der Waals surface area contributed by atoms with Crippen LogP contribution >= 0.6 is 0 Å². The predicted octanol–water partition coefficient (Wildman–Crippen LogP) is 4.68. The lowest BCUT2D eigenvalue weighted by Crippen LogP contribution is -2.40. The van der Waals surface area contributed by atoms with Crippen LogP contribution in [0.25, 0.3) is 0 Å². The van der Waals surface area contributed by atoms with Gasteiger partial charge in [0.05, 0.1) is 17.5 Å². The molecule has 1 aliphatic carbocycles. The number of aliphatic imine (C=N–C) groups is 2. The van der Waals surface area contributed by atoms with E-state index >= 15 is 0 Å². The Morgan fingerprint density at radius 2 is 1.81 bits per heavy atom. The van der Waals surface area contributed by atoms with Crippen LogP contribution in [0.2, 0.25) is 0 Å². The van der Waals surface area contributed by atoms with E-state index in [-0.39, 0.29) is 6.04 Å². The Morgan fingerprint density at radius 3 is 2.37 bits per heavy atom. The molecule has 0 saturated heterocycles. The monoisotopic (exact) mass is 364 g/mol. The molecule has 0 spiro atoms. The largest absolute Gasteiger partial charge is 0.400 e. The molecule has 0 bridgehead atoms. The molecule has 3 N–H and O–H groups in total. The Bertz CT molecular complexity index is 773. The highest BCUT2D eigenvalue weighted by Crippen LogP contribution is 2.33. The number of hydrogen-bond acceptors (Lipinski definition) is 4. The van der Waals surface area contributed by atoms with Crippen molar-refractivity contribution in [2.24, 2.45) is 15.7 Å². The number of likely N-dealkylation sites (N-methyl/N-ethyl adjacent to an activating group) is 1. The third-order valence-electron chi connectivity index (χ3n) is 5.56. The first kappa shape index (κ1) is 19.6. The molecule has 0 amide bonds. The van der Waals surface area contributed by atoms with E-state index in [1.165, 1.54) is 37.7 Å². The summed E-state index contributed by atoms with van der Waals surface area (Å²) in [5.41, 5.74) is 12.9. The second-order valence-electron chi connectivity index (χ2n) is 7.82. The summed E-state index contributed by atoms with van der Waals surface area (Å²) in [5.74, 6) is 0.720. The fourth-order valence-electron chi connectivity index (χ4n) is 4.16. The van der Waals surface area contributed by atoms with E-state index in [9.17, 15) is 0 Å². The lowest BCUT2D eigenvalue weighted by Gasteiger charge is -2.27. The molecule has 4 nitrogen and oxygen atoms in total. The van der Waals surface area contributed by atoms with Crippen molar-refractivity contribution in [3.05, 3.63) is 59.1 Å². The molecule has 1 aromatic carbocycles. The van der Waals surface area contributed by atoms with Crippen LogP contribution in [0.4, 0.5) is 0 Å². The third kappa shape index (κ3) is 4.56. The number of nitrogens with two attached hydrogens (primary N) is 1. The van der Waals surface area contributed by atoms with Crippen molar-refractivity contribution in [3.63, 3.8) is 0 Å². The summed E-state index contributed by atoms with van der Waals surface area (Å²) in [6.45, 7) is 7.69. The van der Waals surface area contributed by atoms with Gasteiger partial charge in [0.2, 0.25) is 0 Å². The Morgan fingerprint density at radius 1 is 1.15 bits per heavy atom. The van der Waals surface area contributed by atoms with Crippen LogP contribution in [0.15, 0.2) is 57.9 Å². The SMILES string of the molecule is C=C(C)N=C1CC(NC)C(c2ccc(C3CCCCC3)cc2)=N/C1=C(/C)N. The van der Waals surface area contributed by atoms with Gasteiger partial charge in [0.25, 0.3) is 0 Å². The first-order chi connectivity index (χ1) is 13.0. The Hall–Kier alpha value is -2.20. The zero-order chi connectivity index (χ0) is 19.4. The molecule has 1 aromatic rings. The maximum absolute atomic E-state index is 6.12. The first-order valence-electron chi connectivity index (χ1n) is 10.1. The number of nitrogens with one attached hydrogen (secondary N) is 1. The molecule has 1 saturated carbocycles. The summed E-state index contributed by atoms with van der Waals surface area (Å²) in [6.07, 6.45) is 7.50. The molecular weight excluding hydrogens is 332 g/mol. The van der Waals surface area contributed by atoms with E-state index in [0.29, 0.717) is 5.70 Å². The van der Waals surface area contributed by atoms with Crippen LogP contribution in [0, 0.1) is 0 Å². The summed E-state index contributed by atoms with van der Waals surface area (Å²) >= 11 is 0. The van der Waals surface area contributed by atoms with Gasteiger partial charge in [-0.2, -0.15) is 0 Å². The summed E-state index contributed by atoms with van der Waals surface area (Å²) in [6, 6.07) is 9.13. The van der Waals surface area contributed by atoms with Gasteiger partial charge in [-0.3, -0.25) is 4.99 Å². The van der Waals surface area contributed by atoms with E-state index in [0.717, 1.165) is 40.7 Å². The molecule has 144 valence electrons. The van der Waals surface area contributed by atoms with Crippen molar-refractivity contribution in [1.29, 1.82) is 0 Å². The van der Waals surface area contributed by atoms with Gasteiger partial charge in [-0.05, 0) is 50.8 Å². The minimum atomic E-state index is 0.117. The molecule has 2 aliphatic rings. The molecule has 1 heterocycles. The number of benzene rings is 1. The number of rotatable bonds is 4. The number of nitrogens with zero attached hydrogens (tertiary/aromatic N) is 2. The van der Waals surface area contributed by atoms with Gasteiger partial charge in [0.1, 0.15) is 5.70 Å². The second-order valence-corrected chi connectivity index (χ2v) is 7.82. The highest BCUT2D eigenvalue weighted by Gasteiger charge is 2.27. The molecule has 0 aromatic heterocycles. The zero-order valence-corrected chi connectivity index (χ0v) is 16.9. The highest BCUT2D eigenvalue weighted by atomic mass is 15.0. The van der Waals surface area contributed by atoms with Gasteiger partial charge >= 0.3 is 0 Å². The van der Waals surface area contributed by atoms with Crippen LogP contribution in [0.3, 0.4) is 0 Å². The van der Waals surface area contributed by atoms with E-state index in [2.05, 4.69) is 41.2 Å². The maximum Gasteiger partial charge on any atom is 0.103 e. The zero-order valence-electron chi connectivity index (χ0n) is 16.9. The molecule has 27 heavy (non-hydrogen) atoms. The maximum atomic E-state index is 6.12. The van der Waals surface area contributed by atoms with Crippen molar-refractivity contribution in [2.75, 3.05) is 7.05 Å². The van der Waals surface area contributed by atoms with Gasteiger partial charge in [0.15, 0.2) is 0 Å². The molecule has 4 heteroatoms. The van der Waals surface area contributed by atoms with Crippen molar-refractivity contribution >= 4 is 11.4 Å². The Labute approximate surface area is 163 Å². The highest BCUT2D eigenvalue weighted by molar-refractivity contribution is 6.15. The standard InChI is InChI=1S/C23H32N4/c1-15(2)26-21-14-20(25-4)23(27-22(21)16(3)24)19-12-10-18(11-13-19)17-8-6-5-7-9-17/h10-13,17,20,25H,1,5-9,14,24H2,2-4H3/b22-16-,26-21?. The van der Waals surface area contributed by atoms with Crippen LogP contribution in [-0.2, 0) is 0 Å². The third-order valence-corrected chi connectivity index (χ3v) is 5.56. The Kier molecular flexibility index (Phi) is 6.27. The average molecular weight is 365 g/mol. The second kappa shape index (κ2) is 8.66. The van der Waals surface area contributed by atoms with Gasteiger partial charge in [-0.25, -0.2) is 4.99 Å². The lowest BCUT2D eigenvalue weighted by molar-refractivity contribution is 0.443. The van der Waals surface area contributed by atoms with Gasteiger partial charge in [0, 0.05) is 17.8 Å². The molecular formula is C23H32N4. The topological polar surface area (TPSA) is 62.8 Å². The minimum Gasteiger partial charge on any atom is -0.400 e. The van der Waals surface area contributed by atoms with Crippen molar-refractivity contribution < 1.29 is 0 Å². The minimum absolute atomic E-state index is 0.117. The summed E-state index contributed by atoms with van der Waals surface area (Å²) in [4.78, 5) is 9.50. The van der Waals surface area contributed by atoms with Gasteiger partial charge in [-0.15, -0.1) is 0 Å². The van der Waals surface area contributed by atoms with Gasteiger partial charge in [-0.1, -0.05) is 50.1 Å². The molecule has 1 atom stereocenters. The number of hydrogen-bond donors (Lipinski definition) is 2. The fraction of sp³-hybridized carbons (Fsp3) is 0.478. The molecule has 1 fully saturated rings. The quantitative estimate of drug-likeness (QED) is 0.815. The molecule has 0 radical (unpaired) electrons. The first-order valence-corrected chi connectivity index (χ1v) is 10.1. The van der Waals surface area contributed by atoms with E-state index in [1.807, 2.05) is 20.9 Å². The summed E-state index contributed by atoms with van der Waals surface area (Å²) in [5, 5.41) is 3.39. The summed E-state index contributed by atoms with van der Waals surface area (Å²) in [7, 11) is 1.97. The van der Waals surface area contributed by atoms with E-state index in [4.69, 9.17) is 10.7 Å². The van der Waals surface area contributed by atoms with E-state index in [1.54, 1.807) is 0 Å². The average Bonchev–Trinajstić information content (AvgIpc) is 2.68. The lowest BCUT2D eigenvalue weighted by atomic mass is 9.83.